The van der Waals surface area contributed by atoms with E-state index in [0.29, 0.717) is 6.61 Å². The first kappa shape index (κ1) is 26.6. The van der Waals surface area contributed by atoms with Crippen LogP contribution >= 0.6 is 0 Å². The largest absolute Gasteiger partial charge is 0.394 e. The van der Waals surface area contributed by atoms with Gasteiger partial charge in [0.05, 0.1) is 13.2 Å². The van der Waals surface area contributed by atoms with Crippen molar-refractivity contribution in [3.05, 3.63) is 12.2 Å². The van der Waals surface area contributed by atoms with E-state index in [4.69, 9.17) is 9.47 Å². The number of unbranched alkanes of at least 4 members (excludes halogenated alkanes) is 12. The summed E-state index contributed by atoms with van der Waals surface area (Å²) in [7, 11) is 0. The van der Waals surface area contributed by atoms with Crippen molar-refractivity contribution in [3.8, 4) is 0 Å². The Morgan fingerprint density at radius 3 is 1.93 bits per heavy atom. The monoisotopic (exact) mass is 414 g/mol. The minimum absolute atomic E-state index is 0.0977. The summed E-state index contributed by atoms with van der Waals surface area (Å²) >= 11 is 0. The highest BCUT2D eigenvalue weighted by atomic mass is 16.6. The molecule has 29 heavy (non-hydrogen) atoms. The van der Waals surface area contributed by atoms with Crippen LogP contribution in [0.15, 0.2) is 12.2 Å². The lowest BCUT2D eigenvalue weighted by Crippen LogP contribution is -2.42. The van der Waals surface area contributed by atoms with Gasteiger partial charge in [-0.25, -0.2) is 0 Å². The van der Waals surface area contributed by atoms with Gasteiger partial charge in [0.2, 0.25) is 0 Å². The number of hydrogen-bond acceptors (Lipinski definition) is 5. The van der Waals surface area contributed by atoms with E-state index in [9.17, 15) is 15.3 Å². The molecule has 0 radical (unpaired) electrons. The second-order valence-electron chi connectivity index (χ2n) is 8.39. The molecule has 0 unspecified atom stereocenters. The maximum Gasteiger partial charge on any atom is 0.114 e. The molecule has 5 heteroatoms. The number of hydrogen-bond donors (Lipinski definition) is 3. The maximum absolute atomic E-state index is 9.83. The molecule has 0 amide bonds. The topological polar surface area (TPSA) is 79.2 Å². The molecule has 1 heterocycles. The predicted octanol–water partition coefficient (Wildman–Crippen LogP) is 4.52. The first-order chi connectivity index (χ1) is 14.2. The third kappa shape index (κ3) is 12.7. The summed E-state index contributed by atoms with van der Waals surface area (Å²) in [6.07, 6.45) is 19.4. The highest BCUT2D eigenvalue weighted by molar-refractivity contribution is 4.88. The molecule has 4 atom stereocenters. The van der Waals surface area contributed by atoms with Gasteiger partial charge in [-0.1, -0.05) is 76.9 Å². The fraction of sp³-hybridized carbons (Fsp3) is 0.917. The lowest BCUT2D eigenvalue weighted by Gasteiger charge is -2.24. The Kier molecular flexibility index (Phi) is 16.8. The summed E-state index contributed by atoms with van der Waals surface area (Å²) in [5.41, 5.74) is 0. The highest BCUT2D eigenvalue weighted by Gasteiger charge is 2.40. The van der Waals surface area contributed by atoms with Gasteiger partial charge in [-0.2, -0.15) is 0 Å². The SMILES string of the molecule is CCCCCCC/C=C/CCCCCCCCCO[C@@H](CO)[C@@H]1OC[C@@H](O)[C@@H]1O. The normalized spacial score (nSPS) is 23.2. The van der Waals surface area contributed by atoms with Crippen LogP contribution in [0.4, 0.5) is 0 Å². The van der Waals surface area contributed by atoms with Crippen LogP contribution in [0.3, 0.4) is 0 Å². The molecule has 0 aliphatic carbocycles. The molecular formula is C24H46O5. The molecule has 5 nitrogen and oxygen atoms in total. The van der Waals surface area contributed by atoms with E-state index in [1.165, 1.54) is 77.0 Å². The summed E-state index contributed by atoms with van der Waals surface area (Å²) in [5, 5.41) is 28.8. The van der Waals surface area contributed by atoms with Crippen molar-refractivity contribution in [3.63, 3.8) is 0 Å². The zero-order valence-electron chi connectivity index (χ0n) is 18.6. The number of rotatable bonds is 19. The average molecular weight is 415 g/mol. The van der Waals surface area contributed by atoms with Gasteiger partial charge in [-0.05, 0) is 32.1 Å². The second-order valence-corrected chi connectivity index (χ2v) is 8.39. The Hall–Kier alpha value is -0.460. The summed E-state index contributed by atoms with van der Waals surface area (Å²) in [4.78, 5) is 0. The van der Waals surface area contributed by atoms with Gasteiger partial charge in [0.25, 0.3) is 0 Å². The molecule has 0 bridgehead atoms. The van der Waals surface area contributed by atoms with E-state index >= 15 is 0 Å². The van der Waals surface area contributed by atoms with Crippen molar-refractivity contribution in [2.45, 2.75) is 121 Å². The fourth-order valence-corrected chi connectivity index (χ4v) is 3.79. The van der Waals surface area contributed by atoms with Crippen molar-refractivity contribution in [2.24, 2.45) is 0 Å². The molecule has 0 aromatic rings. The van der Waals surface area contributed by atoms with Crippen molar-refractivity contribution < 1.29 is 24.8 Å². The van der Waals surface area contributed by atoms with Crippen molar-refractivity contribution >= 4 is 0 Å². The highest BCUT2D eigenvalue weighted by Crippen LogP contribution is 2.20. The number of ether oxygens (including phenoxy) is 2. The van der Waals surface area contributed by atoms with Crippen LogP contribution in [0.5, 0.6) is 0 Å². The van der Waals surface area contributed by atoms with Crippen molar-refractivity contribution in [2.75, 3.05) is 19.8 Å². The van der Waals surface area contributed by atoms with Crippen molar-refractivity contribution in [1.82, 2.24) is 0 Å². The zero-order chi connectivity index (χ0) is 21.2. The Morgan fingerprint density at radius 2 is 1.41 bits per heavy atom. The molecule has 1 fully saturated rings. The lowest BCUT2D eigenvalue weighted by molar-refractivity contribution is -0.101. The summed E-state index contributed by atoms with van der Waals surface area (Å²) < 4.78 is 11.0. The van der Waals surface area contributed by atoms with Crippen LogP contribution < -0.4 is 0 Å². The van der Waals surface area contributed by atoms with E-state index in [0.717, 1.165) is 12.8 Å². The van der Waals surface area contributed by atoms with E-state index in [1.807, 2.05) is 0 Å². The van der Waals surface area contributed by atoms with Gasteiger partial charge in [0.1, 0.15) is 24.4 Å². The van der Waals surface area contributed by atoms with Gasteiger partial charge >= 0.3 is 0 Å². The molecule has 1 rings (SSSR count). The number of allylic oxidation sites excluding steroid dienone is 2. The number of aliphatic hydroxyl groups is 3. The van der Waals surface area contributed by atoms with Gasteiger partial charge in [0, 0.05) is 6.61 Å². The molecule has 1 aliphatic rings. The molecule has 1 aliphatic heterocycles. The first-order valence-electron chi connectivity index (χ1n) is 12.1. The molecule has 0 saturated carbocycles. The van der Waals surface area contributed by atoms with Crippen LogP contribution in [-0.2, 0) is 9.47 Å². The molecule has 0 spiro atoms. The van der Waals surface area contributed by atoms with Crippen LogP contribution in [0, 0.1) is 0 Å². The quantitative estimate of drug-likeness (QED) is 0.214. The van der Waals surface area contributed by atoms with E-state index in [1.54, 1.807) is 0 Å². The van der Waals surface area contributed by atoms with Gasteiger partial charge < -0.3 is 24.8 Å². The smallest absolute Gasteiger partial charge is 0.114 e. The number of aliphatic hydroxyl groups excluding tert-OH is 3. The standard InChI is InChI=1S/C24H46O5/c1-2-3-4-5-6-7-8-9-10-11-12-13-14-15-16-17-18-28-22(19-25)24-23(27)21(26)20-29-24/h8-9,21-27H,2-7,10-20H2,1H3/b9-8+/t21-,22+,23+,24+/m1/s1. The van der Waals surface area contributed by atoms with Crippen LogP contribution in [0.25, 0.3) is 0 Å². The summed E-state index contributed by atoms with van der Waals surface area (Å²) in [6, 6.07) is 0. The van der Waals surface area contributed by atoms with Gasteiger partial charge in [0.15, 0.2) is 0 Å². The van der Waals surface area contributed by atoms with Crippen LogP contribution in [-0.4, -0.2) is 59.6 Å². The summed E-state index contributed by atoms with van der Waals surface area (Å²) in [5.74, 6) is 0. The van der Waals surface area contributed by atoms with E-state index in [2.05, 4.69) is 19.1 Å². The van der Waals surface area contributed by atoms with Gasteiger partial charge in [-0.3, -0.25) is 0 Å². The Bertz CT molecular complexity index is 387. The minimum Gasteiger partial charge on any atom is -0.394 e. The first-order valence-corrected chi connectivity index (χ1v) is 12.1. The third-order valence-electron chi connectivity index (χ3n) is 5.72. The van der Waals surface area contributed by atoms with Crippen LogP contribution in [0.1, 0.15) is 96.8 Å². The van der Waals surface area contributed by atoms with E-state index in [-0.39, 0.29) is 13.2 Å². The zero-order valence-corrected chi connectivity index (χ0v) is 18.6. The molecule has 0 aromatic carbocycles. The van der Waals surface area contributed by atoms with Crippen LogP contribution in [0.2, 0.25) is 0 Å². The Labute approximate surface area is 178 Å². The maximum atomic E-state index is 9.83. The predicted molar refractivity (Wildman–Crippen MR) is 118 cm³/mol. The van der Waals surface area contributed by atoms with Crippen molar-refractivity contribution in [1.29, 1.82) is 0 Å². The third-order valence-corrected chi connectivity index (χ3v) is 5.72. The fourth-order valence-electron chi connectivity index (χ4n) is 3.79. The molecule has 172 valence electrons. The van der Waals surface area contributed by atoms with Gasteiger partial charge in [-0.15, -0.1) is 0 Å². The molecular weight excluding hydrogens is 368 g/mol. The second kappa shape index (κ2) is 18.3. The van der Waals surface area contributed by atoms with E-state index < -0.39 is 24.4 Å². The molecule has 0 aromatic heterocycles. The molecule has 1 saturated heterocycles. The average Bonchev–Trinajstić information content (AvgIpc) is 3.06. The minimum atomic E-state index is -0.979. The Balaban J connectivity index is 1.85. The Morgan fingerprint density at radius 1 is 0.862 bits per heavy atom. The summed E-state index contributed by atoms with van der Waals surface area (Å²) in [6.45, 7) is 2.70. The lowest BCUT2D eigenvalue weighted by atomic mass is 10.1. The molecule has 3 N–H and O–H groups in total.